The zero-order chi connectivity index (χ0) is 17.5. The molecule has 3 rings (SSSR count). The number of nitrogens with zero attached hydrogens (tertiary/aromatic N) is 2. The average Bonchev–Trinajstić information content (AvgIpc) is 2.96. The molecule has 1 aliphatic heterocycles. The van der Waals surface area contributed by atoms with Gasteiger partial charge in [-0.05, 0) is 75.0 Å². The van der Waals surface area contributed by atoms with Crippen molar-refractivity contribution in [1.82, 2.24) is 15.2 Å². The standard InChI is InChI=1S/C20H25N3OS/c1-25-19-9-7-16(8-10-19)20(24)23(15-17-5-2-3-13-22-17)18-6-4-12-21-14-11-18/h2-3,5,7-10,13,18,21H,4,6,11-12,14-15H2,1H3. The first-order chi connectivity index (χ1) is 12.3. The lowest BCUT2D eigenvalue weighted by Gasteiger charge is -2.31. The highest BCUT2D eigenvalue weighted by Gasteiger charge is 2.26. The summed E-state index contributed by atoms with van der Waals surface area (Å²) in [4.78, 5) is 20.8. The molecule has 2 aromatic rings. The second kappa shape index (κ2) is 9.02. The van der Waals surface area contributed by atoms with E-state index in [9.17, 15) is 4.79 Å². The van der Waals surface area contributed by atoms with Gasteiger partial charge >= 0.3 is 0 Å². The zero-order valence-corrected chi connectivity index (χ0v) is 15.5. The fourth-order valence-electron chi connectivity index (χ4n) is 3.24. The van der Waals surface area contributed by atoms with Gasteiger partial charge in [-0.3, -0.25) is 9.78 Å². The van der Waals surface area contributed by atoms with Crippen LogP contribution in [0.2, 0.25) is 0 Å². The molecule has 1 atom stereocenters. The zero-order valence-electron chi connectivity index (χ0n) is 14.6. The van der Waals surface area contributed by atoms with Gasteiger partial charge in [0.15, 0.2) is 0 Å². The Morgan fingerprint density at radius 3 is 2.76 bits per heavy atom. The summed E-state index contributed by atoms with van der Waals surface area (Å²) < 4.78 is 0. The van der Waals surface area contributed by atoms with E-state index in [1.807, 2.05) is 53.6 Å². The summed E-state index contributed by atoms with van der Waals surface area (Å²) in [5, 5.41) is 3.43. The van der Waals surface area contributed by atoms with E-state index in [0.717, 1.165) is 43.6 Å². The number of hydrogen-bond acceptors (Lipinski definition) is 4. The number of hydrogen-bond donors (Lipinski definition) is 1. The summed E-state index contributed by atoms with van der Waals surface area (Å²) in [7, 11) is 0. The fraction of sp³-hybridized carbons (Fsp3) is 0.400. The van der Waals surface area contributed by atoms with E-state index in [2.05, 4.69) is 10.3 Å². The molecule has 5 heteroatoms. The molecule has 1 aromatic carbocycles. The number of aromatic nitrogens is 1. The summed E-state index contributed by atoms with van der Waals surface area (Å²) in [5.74, 6) is 0.102. The number of amides is 1. The lowest BCUT2D eigenvalue weighted by atomic mass is 10.0. The number of nitrogens with one attached hydrogen (secondary N) is 1. The van der Waals surface area contributed by atoms with E-state index in [4.69, 9.17) is 0 Å². The maximum absolute atomic E-state index is 13.2. The number of rotatable bonds is 5. The first-order valence-corrected chi connectivity index (χ1v) is 10.1. The first-order valence-electron chi connectivity index (χ1n) is 8.83. The van der Waals surface area contributed by atoms with Crippen LogP contribution in [0.3, 0.4) is 0 Å². The van der Waals surface area contributed by atoms with E-state index < -0.39 is 0 Å². The van der Waals surface area contributed by atoms with Crippen LogP contribution in [0.4, 0.5) is 0 Å². The van der Waals surface area contributed by atoms with Gasteiger partial charge in [-0.25, -0.2) is 0 Å². The Balaban J connectivity index is 1.84. The van der Waals surface area contributed by atoms with Gasteiger partial charge in [-0.1, -0.05) is 6.07 Å². The van der Waals surface area contributed by atoms with Crippen molar-refractivity contribution in [3.8, 4) is 0 Å². The molecule has 1 aliphatic rings. The van der Waals surface area contributed by atoms with Crippen molar-refractivity contribution in [2.45, 2.75) is 36.7 Å². The van der Waals surface area contributed by atoms with Crippen molar-refractivity contribution in [3.05, 3.63) is 59.9 Å². The summed E-state index contributed by atoms with van der Waals surface area (Å²) >= 11 is 1.69. The molecular weight excluding hydrogens is 330 g/mol. The number of thioether (sulfide) groups is 1. The van der Waals surface area contributed by atoms with Gasteiger partial charge in [0, 0.05) is 22.7 Å². The van der Waals surface area contributed by atoms with Crippen LogP contribution in [-0.4, -0.2) is 41.2 Å². The van der Waals surface area contributed by atoms with E-state index in [0.29, 0.717) is 6.54 Å². The van der Waals surface area contributed by atoms with Crippen molar-refractivity contribution >= 4 is 17.7 Å². The maximum Gasteiger partial charge on any atom is 0.254 e. The minimum atomic E-state index is 0.102. The summed E-state index contributed by atoms with van der Waals surface area (Å²) in [6.45, 7) is 2.56. The lowest BCUT2D eigenvalue weighted by Crippen LogP contribution is -2.40. The van der Waals surface area contributed by atoms with E-state index in [-0.39, 0.29) is 11.9 Å². The molecule has 0 spiro atoms. The predicted octanol–water partition coefficient (Wildman–Crippen LogP) is 3.59. The normalized spacial score (nSPS) is 17.7. The molecule has 0 aliphatic carbocycles. The molecule has 1 amide bonds. The molecule has 0 saturated carbocycles. The summed E-state index contributed by atoms with van der Waals surface area (Å²) in [6, 6.07) is 14.1. The molecule has 0 radical (unpaired) electrons. The molecule has 1 fully saturated rings. The van der Waals surface area contributed by atoms with Gasteiger partial charge < -0.3 is 10.2 Å². The van der Waals surface area contributed by atoms with Crippen LogP contribution in [0.1, 0.15) is 35.3 Å². The van der Waals surface area contributed by atoms with Crippen LogP contribution in [0.5, 0.6) is 0 Å². The molecule has 132 valence electrons. The van der Waals surface area contributed by atoms with Gasteiger partial charge in [0.05, 0.1) is 12.2 Å². The molecule has 0 bridgehead atoms. The van der Waals surface area contributed by atoms with E-state index >= 15 is 0 Å². The molecule has 1 unspecified atom stereocenters. The van der Waals surface area contributed by atoms with Crippen LogP contribution >= 0.6 is 11.8 Å². The van der Waals surface area contributed by atoms with Gasteiger partial charge in [-0.15, -0.1) is 11.8 Å². The van der Waals surface area contributed by atoms with Crippen LogP contribution in [0, 0.1) is 0 Å². The van der Waals surface area contributed by atoms with Gasteiger partial charge in [0.25, 0.3) is 5.91 Å². The third-order valence-corrected chi connectivity index (χ3v) is 5.39. The average molecular weight is 356 g/mol. The number of pyridine rings is 1. The molecule has 1 N–H and O–H groups in total. The Morgan fingerprint density at radius 2 is 2.04 bits per heavy atom. The second-order valence-corrected chi connectivity index (χ2v) is 7.20. The van der Waals surface area contributed by atoms with Crippen LogP contribution in [0.25, 0.3) is 0 Å². The van der Waals surface area contributed by atoms with Gasteiger partial charge in [0.1, 0.15) is 0 Å². The third kappa shape index (κ3) is 4.83. The maximum atomic E-state index is 13.2. The molecule has 4 nitrogen and oxygen atoms in total. The number of benzene rings is 1. The van der Waals surface area contributed by atoms with Gasteiger partial charge in [-0.2, -0.15) is 0 Å². The quantitative estimate of drug-likeness (QED) is 0.833. The monoisotopic (exact) mass is 355 g/mol. The topological polar surface area (TPSA) is 45.2 Å². The van der Waals surface area contributed by atoms with Crippen LogP contribution in [0.15, 0.2) is 53.6 Å². The SMILES string of the molecule is CSc1ccc(C(=O)N(Cc2ccccn2)C2CCCNCC2)cc1. The minimum Gasteiger partial charge on any atom is -0.330 e. The summed E-state index contributed by atoms with van der Waals surface area (Å²) in [5.41, 5.74) is 1.69. The second-order valence-electron chi connectivity index (χ2n) is 6.32. The molecule has 1 saturated heterocycles. The van der Waals surface area contributed by atoms with Crippen molar-refractivity contribution in [3.63, 3.8) is 0 Å². The Kier molecular flexibility index (Phi) is 6.48. The van der Waals surface area contributed by atoms with E-state index in [1.165, 1.54) is 4.90 Å². The fourth-order valence-corrected chi connectivity index (χ4v) is 3.65. The Morgan fingerprint density at radius 1 is 1.20 bits per heavy atom. The van der Waals surface area contributed by atoms with Gasteiger partial charge in [0.2, 0.25) is 0 Å². The first kappa shape index (κ1) is 18.0. The largest absolute Gasteiger partial charge is 0.330 e. The minimum absolute atomic E-state index is 0.102. The summed E-state index contributed by atoms with van der Waals surface area (Å²) in [6.07, 6.45) is 6.96. The molecular formula is C20H25N3OS. The Bertz CT molecular complexity index is 667. The number of carbonyl (C=O) groups is 1. The van der Waals surface area contributed by atoms with Crippen molar-refractivity contribution in [2.75, 3.05) is 19.3 Å². The Labute approximate surface area is 154 Å². The molecule has 2 heterocycles. The van der Waals surface area contributed by atoms with Crippen molar-refractivity contribution in [1.29, 1.82) is 0 Å². The highest BCUT2D eigenvalue weighted by atomic mass is 32.2. The van der Waals surface area contributed by atoms with Crippen LogP contribution < -0.4 is 5.32 Å². The molecule has 25 heavy (non-hydrogen) atoms. The van der Waals surface area contributed by atoms with Crippen LogP contribution in [-0.2, 0) is 6.54 Å². The highest BCUT2D eigenvalue weighted by Crippen LogP contribution is 2.21. The van der Waals surface area contributed by atoms with Crippen molar-refractivity contribution in [2.24, 2.45) is 0 Å². The highest BCUT2D eigenvalue weighted by molar-refractivity contribution is 7.98. The lowest BCUT2D eigenvalue weighted by molar-refractivity contribution is 0.0642. The predicted molar refractivity (Wildman–Crippen MR) is 103 cm³/mol. The van der Waals surface area contributed by atoms with E-state index in [1.54, 1.807) is 18.0 Å². The smallest absolute Gasteiger partial charge is 0.254 e. The third-order valence-electron chi connectivity index (χ3n) is 4.64. The number of carbonyl (C=O) groups excluding carboxylic acids is 1. The van der Waals surface area contributed by atoms with Crippen molar-refractivity contribution < 1.29 is 4.79 Å². The molecule has 1 aromatic heterocycles. The Hall–Kier alpha value is -1.85.